The van der Waals surface area contributed by atoms with Gasteiger partial charge in [-0.15, -0.1) is 0 Å². The van der Waals surface area contributed by atoms with Crippen LogP contribution in [0.4, 0.5) is 11.4 Å². The van der Waals surface area contributed by atoms with Crippen molar-refractivity contribution in [1.82, 2.24) is 14.5 Å². The van der Waals surface area contributed by atoms with Crippen LogP contribution in [0.25, 0.3) is 11.4 Å². The van der Waals surface area contributed by atoms with Gasteiger partial charge in [-0.25, -0.2) is 9.97 Å². The number of hydrogen-bond acceptors (Lipinski definition) is 6. The number of rotatable bonds is 6. The van der Waals surface area contributed by atoms with Gasteiger partial charge < -0.3 is 19.4 Å². The summed E-state index contributed by atoms with van der Waals surface area (Å²) in [6, 6.07) is 11.9. The Kier molecular flexibility index (Phi) is 6.70. The minimum Gasteiger partial charge on any atom is -0.496 e. The number of imidazole rings is 1. The van der Waals surface area contributed by atoms with E-state index < -0.39 is 17.4 Å². The van der Waals surface area contributed by atoms with E-state index in [1.54, 1.807) is 49.7 Å². The first kappa shape index (κ1) is 28.1. The second-order valence-electron chi connectivity index (χ2n) is 10.9. The number of anilines is 2. The van der Waals surface area contributed by atoms with Gasteiger partial charge in [-0.3, -0.25) is 14.5 Å². The summed E-state index contributed by atoms with van der Waals surface area (Å²) in [6.07, 6.45) is 1.54. The van der Waals surface area contributed by atoms with Crippen molar-refractivity contribution in [1.29, 1.82) is 0 Å². The monoisotopic (exact) mass is 605 g/mol. The van der Waals surface area contributed by atoms with Crippen LogP contribution in [0.5, 0.6) is 11.6 Å². The molecule has 0 bridgehead atoms. The molecule has 6 rings (SSSR count). The highest BCUT2D eigenvalue weighted by Gasteiger charge is 2.64. The van der Waals surface area contributed by atoms with E-state index in [1.165, 1.54) is 4.90 Å². The topological polar surface area (TPSA) is 98.6 Å². The van der Waals surface area contributed by atoms with Crippen LogP contribution in [0.1, 0.15) is 61.0 Å². The number of aromatic nitrogens is 3. The highest BCUT2D eigenvalue weighted by molar-refractivity contribution is 6.32. The lowest BCUT2D eigenvalue weighted by atomic mass is 9.86. The number of fused-ring (bicyclic) bond motifs is 4. The second-order valence-corrected chi connectivity index (χ2v) is 11.8. The first-order valence-electron chi connectivity index (χ1n) is 13.5. The van der Waals surface area contributed by atoms with Gasteiger partial charge in [0.25, 0.3) is 11.8 Å². The maximum absolute atomic E-state index is 14.5. The number of pyridine rings is 1. The molecule has 11 heteroatoms. The molecule has 9 nitrogen and oxygen atoms in total. The van der Waals surface area contributed by atoms with E-state index in [1.807, 2.05) is 45.3 Å². The molecular weight excluding hydrogens is 577 g/mol. The fourth-order valence-electron chi connectivity index (χ4n) is 5.89. The lowest BCUT2D eigenvalue weighted by Crippen LogP contribution is -2.51. The Morgan fingerprint density at radius 2 is 1.71 bits per heavy atom. The van der Waals surface area contributed by atoms with E-state index in [-0.39, 0.29) is 17.8 Å². The molecule has 1 atom stereocenters. The Balaban J connectivity index is 1.68. The third-order valence-electron chi connectivity index (χ3n) is 7.53. The highest BCUT2D eigenvalue weighted by Crippen LogP contribution is 2.55. The average molecular weight is 607 g/mol. The van der Waals surface area contributed by atoms with Crippen molar-refractivity contribution in [2.45, 2.75) is 52.3 Å². The maximum atomic E-state index is 14.5. The zero-order valence-corrected chi connectivity index (χ0v) is 25.5. The Morgan fingerprint density at radius 1 is 1.00 bits per heavy atom. The minimum atomic E-state index is -1.58. The predicted octanol–water partition coefficient (Wildman–Crippen LogP) is 6.79. The number of nitrogens with zero attached hydrogens (tertiary/aromatic N) is 4. The van der Waals surface area contributed by atoms with Crippen LogP contribution in [0.2, 0.25) is 10.0 Å². The first-order chi connectivity index (χ1) is 20.0. The van der Waals surface area contributed by atoms with E-state index in [0.717, 1.165) is 5.56 Å². The van der Waals surface area contributed by atoms with Gasteiger partial charge in [-0.2, -0.15) is 0 Å². The number of hydrogen-bond donors (Lipinski definition) is 1. The number of amides is 2. The van der Waals surface area contributed by atoms with Crippen LogP contribution >= 0.6 is 23.2 Å². The van der Waals surface area contributed by atoms with Crippen LogP contribution in [0, 0.1) is 6.92 Å². The van der Waals surface area contributed by atoms with E-state index in [9.17, 15) is 9.59 Å². The lowest BCUT2D eigenvalue weighted by Gasteiger charge is -2.36. The quantitative estimate of drug-likeness (QED) is 0.260. The molecule has 1 N–H and O–H groups in total. The zero-order chi connectivity index (χ0) is 30.1. The number of methoxy groups -OCH3 is 1. The van der Waals surface area contributed by atoms with E-state index in [4.69, 9.17) is 37.7 Å². The first-order valence-corrected chi connectivity index (χ1v) is 14.3. The van der Waals surface area contributed by atoms with Crippen molar-refractivity contribution >= 4 is 46.4 Å². The lowest BCUT2D eigenvalue weighted by molar-refractivity contribution is -0.119. The molecule has 0 radical (unpaired) electrons. The van der Waals surface area contributed by atoms with Crippen molar-refractivity contribution in [3.8, 4) is 23.0 Å². The number of ether oxygens (including phenoxy) is 2. The molecule has 4 heterocycles. The number of benzene rings is 2. The van der Waals surface area contributed by atoms with E-state index >= 15 is 0 Å². The van der Waals surface area contributed by atoms with Crippen molar-refractivity contribution < 1.29 is 19.1 Å². The Morgan fingerprint density at radius 3 is 2.40 bits per heavy atom. The van der Waals surface area contributed by atoms with Crippen molar-refractivity contribution in [3.05, 3.63) is 81.2 Å². The van der Waals surface area contributed by atoms with E-state index in [0.29, 0.717) is 55.7 Å². The molecule has 2 aliphatic rings. The van der Waals surface area contributed by atoms with E-state index in [2.05, 4.69) is 10.3 Å². The van der Waals surface area contributed by atoms with Gasteiger partial charge >= 0.3 is 0 Å². The minimum absolute atomic E-state index is 0.0811. The molecule has 0 aliphatic carbocycles. The van der Waals surface area contributed by atoms with Crippen LogP contribution < -0.4 is 19.7 Å². The molecule has 0 saturated carbocycles. The van der Waals surface area contributed by atoms with Gasteiger partial charge in [0.2, 0.25) is 5.88 Å². The van der Waals surface area contributed by atoms with Gasteiger partial charge in [0.15, 0.2) is 11.2 Å². The largest absolute Gasteiger partial charge is 0.496 e. The summed E-state index contributed by atoms with van der Waals surface area (Å²) in [5.74, 6) is 0.488. The molecule has 2 aromatic heterocycles. The average Bonchev–Trinajstić information content (AvgIpc) is 3.53. The molecule has 2 amide bonds. The van der Waals surface area contributed by atoms with Gasteiger partial charge in [-0.1, -0.05) is 35.3 Å². The predicted molar refractivity (Wildman–Crippen MR) is 162 cm³/mol. The second kappa shape index (κ2) is 10.0. The molecule has 2 aromatic carbocycles. The summed E-state index contributed by atoms with van der Waals surface area (Å²) in [7, 11) is 1.55. The van der Waals surface area contributed by atoms with Gasteiger partial charge in [0, 0.05) is 39.6 Å². The Hall–Kier alpha value is -4.08. The fraction of sp³-hybridized carbons (Fsp3) is 0.290. The molecule has 2 aliphatic heterocycles. The molecule has 1 spiro atoms. The molecule has 4 aromatic rings. The maximum Gasteiger partial charge on any atom is 0.280 e. The fourth-order valence-corrected chi connectivity index (χ4v) is 6.23. The van der Waals surface area contributed by atoms with Crippen molar-refractivity contribution in [2.24, 2.45) is 0 Å². The van der Waals surface area contributed by atoms with Gasteiger partial charge in [0.1, 0.15) is 11.6 Å². The molecule has 0 unspecified atom stereocenters. The number of carbonyl (C=O) groups excluding carboxylic acids is 2. The van der Waals surface area contributed by atoms with Crippen molar-refractivity contribution in [3.63, 3.8) is 0 Å². The number of halogens is 2. The summed E-state index contributed by atoms with van der Waals surface area (Å²) >= 11 is 12.8. The molecule has 0 saturated heterocycles. The highest BCUT2D eigenvalue weighted by atomic mass is 35.5. The third kappa shape index (κ3) is 3.98. The summed E-state index contributed by atoms with van der Waals surface area (Å²) < 4.78 is 13.4. The SMILES string of the molecule is COc1cc(OC(C)C)ncc1-c1nc2c(n1C(C)C)[C@]1(C(=O)Nc3cc(Cl)ccc31)N(c1cc(Cl)ccc1C)C2=O. The zero-order valence-electron chi connectivity index (χ0n) is 24.0. The van der Waals surface area contributed by atoms with Gasteiger partial charge in [0.05, 0.1) is 30.2 Å². The summed E-state index contributed by atoms with van der Waals surface area (Å²) in [6.45, 7) is 9.64. The Labute approximate surface area is 253 Å². The van der Waals surface area contributed by atoms with Crippen LogP contribution in [-0.4, -0.2) is 39.6 Å². The van der Waals surface area contributed by atoms with Crippen LogP contribution in [-0.2, 0) is 10.3 Å². The standard InChI is InChI=1S/C31H29Cl2N5O4/c1-15(2)37-27-26(36-28(37)20-14-34-25(42-16(3)4)13-24(20)41-6)29(39)38(23-12-19(33)8-7-17(23)5)31(27)21-10-9-18(32)11-22(21)35-30(31)40/h7-16H,1-6H3,(H,35,40)/t31-/m1/s1. The molecular formula is C31H29Cl2N5O4. The Bertz CT molecular complexity index is 1780. The molecule has 0 fully saturated rings. The van der Waals surface area contributed by atoms with Crippen molar-refractivity contribution in [2.75, 3.05) is 17.3 Å². The van der Waals surface area contributed by atoms with Gasteiger partial charge in [-0.05, 0) is 64.4 Å². The number of carbonyl (C=O) groups is 2. The number of nitrogens with one attached hydrogen (secondary N) is 1. The third-order valence-corrected chi connectivity index (χ3v) is 8.00. The van der Waals surface area contributed by atoms with Crippen LogP contribution in [0.15, 0.2) is 48.7 Å². The molecule has 42 heavy (non-hydrogen) atoms. The van der Waals surface area contributed by atoms with Crippen LogP contribution in [0.3, 0.4) is 0 Å². The summed E-state index contributed by atoms with van der Waals surface area (Å²) in [5.41, 5.74) is 1.96. The summed E-state index contributed by atoms with van der Waals surface area (Å²) in [5, 5.41) is 3.88. The normalized spacial score (nSPS) is 17.3. The summed E-state index contributed by atoms with van der Waals surface area (Å²) in [4.78, 5) is 39.8. The number of aryl methyl sites for hydroxylation is 1. The smallest absolute Gasteiger partial charge is 0.280 e. The molecule has 216 valence electrons.